The van der Waals surface area contributed by atoms with Crippen LogP contribution < -0.4 is 15.0 Å². The second-order valence-corrected chi connectivity index (χ2v) is 7.09. The van der Waals surface area contributed by atoms with Crippen LogP contribution in [0.5, 0.6) is 5.75 Å². The fourth-order valence-corrected chi connectivity index (χ4v) is 3.98. The monoisotopic (exact) mass is 379 g/mol. The average Bonchev–Trinajstić information content (AvgIpc) is 3.38. The molecule has 0 radical (unpaired) electrons. The standard InChI is InChI=1S/C22H25N3O3/c1-2-28-19-11-7-16(8-12-19)20-4-3-14-25(20)21(26)17-5-9-18(10-6-17)24-15-13-23-22(24)27/h5-12,20H,2-4,13-15H2,1H3,(H,23,27). The van der Waals surface area contributed by atoms with E-state index in [2.05, 4.69) is 17.4 Å². The van der Waals surface area contributed by atoms with E-state index in [0.29, 0.717) is 25.3 Å². The fraction of sp³-hybridized carbons (Fsp3) is 0.364. The molecular formula is C22H25N3O3. The summed E-state index contributed by atoms with van der Waals surface area (Å²) < 4.78 is 5.52. The van der Waals surface area contributed by atoms with Gasteiger partial charge in [0.05, 0.1) is 12.6 Å². The molecule has 2 aliphatic heterocycles. The van der Waals surface area contributed by atoms with Gasteiger partial charge in [-0.2, -0.15) is 0 Å². The second kappa shape index (κ2) is 7.92. The van der Waals surface area contributed by atoms with Gasteiger partial charge in [0.25, 0.3) is 5.91 Å². The van der Waals surface area contributed by atoms with Crippen LogP contribution in [0.25, 0.3) is 0 Å². The highest BCUT2D eigenvalue weighted by Gasteiger charge is 2.31. The van der Waals surface area contributed by atoms with Crippen molar-refractivity contribution >= 4 is 17.6 Å². The van der Waals surface area contributed by atoms with E-state index in [-0.39, 0.29) is 18.0 Å². The Morgan fingerprint density at radius 2 is 1.86 bits per heavy atom. The third kappa shape index (κ3) is 3.54. The quantitative estimate of drug-likeness (QED) is 0.864. The lowest BCUT2D eigenvalue weighted by molar-refractivity contribution is 0.0735. The lowest BCUT2D eigenvalue weighted by atomic mass is 10.0. The minimum atomic E-state index is -0.0887. The molecule has 2 aromatic rings. The van der Waals surface area contributed by atoms with Crippen molar-refractivity contribution in [2.45, 2.75) is 25.8 Å². The van der Waals surface area contributed by atoms with E-state index in [1.165, 1.54) is 0 Å². The van der Waals surface area contributed by atoms with Crippen LogP contribution in [0.1, 0.15) is 41.7 Å². The van der Waals surface area contributed by atoms with Crippen LogP contribution in [-0.4, -0.2) is 43.1 Å². The lowest BCUT2D eigenvalue weighted by Gasteiger charge is -2.25. The van der Waals surface area contributed by atoms with E-state index in [0.717, 1.165) is 36.4 Å². The summed E-state index contributed by atoms with van der Waals surface area (Å²) >= 11 is 0. The maximum atomic E-state index is 13.1. The number of nitrogens with one attached hydrogen (secondary N) is 1. The number of urea groups is 1. The minimum Gasteiger partial charge on any atom is -0.494 e. The first-order valence-electron chi connectivity index (χ1n) is 9.86. The summed E-state index contributed by atoms with van der Waals surface area (Å²) in [6, 6.07) is 15.4. The van der Waals surface area contributed by atoms with Gasteiger partial charge in [0.1, 0.15) is 5.75 Å². The van der Waals surface area contributed by atoms with Gasteiger partial charge in [-0.25, -0.2) is 4.79 Å². The largest absolute Gasteiger partial charge is 0.494 e. The molecule has 0 saturated carbocycles. The van der Waals surface area contributed by atoms with Gasteiger partial charge in [-0.15, -0.1) is 0 Å². The number of carbonyl (C=O) groups is 2. The van der Waals surface area contributed by atoms with Gasteiger partial charge in [-0.3, -0.25) is 9.69 Å². The molecule has 146 valence electrons. The Morgan fingerprint density at radius 1 is 1.11 bits per heavy atom. The summed E-state index contributed by atoms with van der Waals surface area (Å²) in [6.07, 6.45) is 1.96. The predicted molar refractivity (Wildman–Crippen MR) is 108 cm³/mol. The molecule has 6 heteroatoms. The Kier molecular flexibility index (Phi) is 5.19. The van der Waals surface area contributed by atoms with Gasteiger partial charge in [-0.1, -0.05) is 12.1 Å². The maximum absolute atomic E-state index is 13.1. The molecule has 6 nitrogen and oxygen atoms in total. The molecule has 1 N–H and O–H groups in total. The number of likely N-dealkylation sites (tertiary alicyclic amines) is 1. The summed E-state index contributed by atoms with van der Waals surface area (Å²) in [4.78, 5) is 28.5. The van der Waals surface area contributed by atoms with E-state index in [4.69, 9.17) is 4.74 Å². The van der Waals surface area contributed by atoms with E-state index in [9.17, 15) is 9.59 Å². The molecule has 4 rings (SSSR count). The number of hydrogen-bond acceptors (Lipinski definition) is 3. The zero-order valence-corrected chi connectivity index (χ0v) is 16.1. The Morgan fingerprint density at radius 3 is 2.50 bits per heavy atom. The van der Waals surface area contributed by atoms with Crippen molar-refractivity contribution in [2.75, 3.05) is 31.1 Å². The number of anilines is 1. The Labute approximate surface area is 165 Å². The zero-order chi connectivity index (χ0) is 19.5. The normalized spacial score (nSPS) is 19.0. The van der Waals surface area contributed by atoms with Crippen LogP contribution in [0, 0.1) is 0 Å². The van der Waals surface area contributed by atoms with Crippen molar-refractivity contribution in [3.8, 4) is 5.75 Å². The van der Waals surface area contributed by atoms with Crippen LogP contribution in [-0.2, 0) is 0 Å². The van der Waals surface area contributed by atoms with Gasteiger partial charge in [-0.05, 0) is 61.7 Å². The number of ether oxygens (including phenoxy) is 1. The lowest BCUT2D eigenvalue weighted by Crippen LogP contribution is -2.31. The molecule has 0 spiro atoms. The second-order valence-electron chi connectivity index (χ2n) is 7.09. The average molecular weight is 379 g/mol. The Hall–Kier alpha value is -3.02. The highest BCUT2D eigenvalue weighted by Crippen LogP contribution is 2.34. The fourth-order valence-electron chi connectivity index (χ4n) is 3.98. The van der Waals surface area contributed by atoms with Crippen LogP contribution in [0.2, 0.25) is 0 Å². The first-order chi connectivity index (χ1) is 13.7. The summed E-state index contributed by atoms with van der Waals surface area (Å²) in [6.45, 7) is 4.66. The topological polar surface area (TPSA) is 61.9 Å². The number of rotatable bonds is 5. The smallest absolute Gasteiger partial charge is 0.321 e. The molecule has 2 heterocycles. The molecule has 0 aromatic heterocycles. The Bertz CT molecular complexity index is 848. The Balaban J connectivity index is 1.49. The van der Waals surface area contributed by atoms with Crippen molar-refractivity contribution < 1.29 is 14.3 Å². The van der Waals surface area contributed by atoms with E-state index in [1.807, 2.05) is 48.2 Å². The summed E-state index contributed by atoms with van der Waals surface area (Å²) in [7, 11) is 0. The first kappa shape index (κ1) is 18.3. The van der Waals surface area contributed by atoms with Crippen molar-refractivity contribution in [1.82, 2.24) is 10.2 Å². The van der Waals surface area contributed by atoms with Crippen molar-refractivity contribution in [3.63, 3.8) is 0 Å². The zero-order valence-electron chi connectivity index (χ0n) is 16.1. The van der Waals surface area contributed by atoms with Gasteiger partial charge in [0.15, 0.2) is 0 Å². The number of hydrogen-bond donors (Lipinski definition) is 1. The number of benzene rings is 2. The van der Waals surface area contributed by atoms with Crippen LogP contribution in [0.3, 0.4) is 0 Å². The van der Waals surface area contributed by atoms with Gasteiger partial charge in [0, 0.05) is 30.9 Å². The van der Waals surface area contributed by atoms with Gasteiger partial charge < -0.3 is 15.0 Å². The van der Waals surface area contributed by atoms with E-state index >= 15 is 0 Å². The molecule has 2 aromatic carbocycles. The summed E-state index contributed by atoms with van der Waals surface area (Å²) in [5.41, 5.74) is 2.61. The molecule has 0 aliphatic carbocycles. The first-order valence-corrected chi connectivity index (χ1v) is 9.86. The van der Waals surface area contributed by atoms with Gasteiger partial charge in [0.2, 0.25) is 0 Å². The summed E-state index contributed by atoms with van der Waals surface area (Å²) in [5.74, 6) is 0.887. The van der Waals surface area contributed by atoms with E-state index in [1.54, 1.807) is 4.90 Å². The molecule has 2 aliphatic rings. The van der Waals surface area contributed by atoms with Crippen LogP contribution in [0.15, 0.2) is 48.5 Å². The summed E-state index contributed by atoms with van der Waals surface area (Å²) in [5, 5.41) is 2.79. The third-order valence-electron chi connectivity index (χ3n) is 5.37. The third-order valence-corrected chi connectivity index (χ3v) is 5.37. The van der Waals surface area contributed by atoms with Crippen molar-refractivity contribution in [3.05, 3.63) is 59.7 Å². The van der Waals surface area contributed by atoms with E-state index < -0.39 is 0 Å². The molecule has 3 amide bonds. The van der Waals surface area contributed by atoms with Crippen molar-refractivity contribution in [2.24, 2.45) is 0 Å². The number of carbonyl (C=O) groups excluding carboxylic acids is 2. The molecule has 2 saturated heterocycles. The molecule has 1 atom stereocenters. The van der Waals surface area contributed by atoms with Crippen LogP contribution >= 0.6 is 0 Å². The minimum absolute atomic E-state index is 0.0359. The molecule has 0 bridgehead atoms. The molecule has 1 unspecified atom stereocenters. The highest BCUT2D eigenvalue weighted by molar-refractivity contribution is 5.97. The predicted octanol–water partition coefficient (Wildman–Crippen LogP) is 3.59. The molecule has 2 fully saturated rings. The van der Waals surface area contributed by atoms with Crippen molar-refractivity contribution in [1.29, 1.82) is 0 Å². The molecular weight excluding hydrogens is 354 g/mol. The number of amides is 3. The SMILES string of the molecule is CCOc1ccc(C2CCCN2C(=O)c2ccc(N3CCNC3=O)cc2)cc1. The molecule has 28 heavy (non-hydrogen) atoms. The van der Waals surface area contributed by atoms with Crippen LogP contribution in [0.4, 0.5) is 10.5 Å². The number of nitrogens with zero attached hydrogens (tertiary/aromatic N) is 2. The maximum Gasteiger partial charge on any atom is 0.321 e. The van der Waals surface area contributed by atoms with Gasteiger partial charge >= 0.3 is 6.03 Å². The highest BCUT2D eigenvalue weighted by atomic mass is 16.5.